The second-order valence-corrected chi connectivity index (χ2v) is 11.9. The van der Waals surface area contributed by atoms with Crippen molar-refractivity contribution >= 4 is 78.8 Å². The smallest absolute Gasteiger partial charge is 0.272 e. The summed E-state index contributed by atoms with van der Waals surface area (Å²) in [6, 6.07) is 30.7. The molecular weight excluding hydrogens is 654 g/mol. The van der Waals surface area contributed by atoms with E-state index >= 15 is 0 Å². The third-order valence-electron chi connectivity index (χ3n) is 5.57. The highest BCUT2D eigenvalue weighted by atomic mass is 79.9. The van der Waals surface area contributed by atoms with E-state index in [0.29, 0.717) is 16.9 Å². The third kappa shape index (κ3) is 8.67. The van der Waals surface area contributed by atoms with Crippen LogP contribution in [0.15, 0.2) is 123 Å². The molecule has 0 saturated carbocycles. The van der Waals surface area contributed by atoms with Gasteiger partial charge in [0.15, 0.2) is 0 Å². The molecule has 0 aliphatic rings. The maximum atomic E-state index is 13.4. The number of amides is 3. The maximum Gasteiger partial charge on any atom is 0.272 e. The van der Waals surface area contributed by atoms with Gasteiger partial charge in [0, 0.05) is 30.8 Å². The van der Waals surface area contributed by atoms with E-state index in [0.717, 1.165) is 19.4 Å². The molecular formula is C31H25Br2N3O3S. The molecule has 3 N–H and O–H groups in total. The Kier molecular flexibility index (Phi) is 10.3. The first-order valence-corrected chi connectivity index (χ1v) is 14.7. The largest absolute Gasteiger partial charge is 0.325 e. The Bertz CT molecular complexity index is 1540. The van der Waals surface area contributed by atoms with Gasteiger partial charge in [-0.15, -0.1) is 11.8 Å². The number of nitrogens with one attached hydrogen (secondary N) is 3. The number of halogens is 2. The van der Waals surface area contributed by atoms with Crippen molar-refractivity contribution in [1.29, 1.82) is 0 Å². The van der Waals surface area contributed by atoms with Crippen LogP contribution in [0.5, 0.6) is 0 Å². The van der Waals surface area contributed by atoms with Crippen molar-refractivity contribution in [2.45, 2.75) is 17.1 Å². The number of benzene rings is 4. The minimum Gasteiger partial charge on any atom is -0.325 e. The lowest BCUT2D eigenvalue weighted by Crippen LogP contribution is -2.30. The Labute approximate surface area is 253 Å². The average molecular weight is 679 g/mol. The van der Waals surface area contributed by atoms with Crippen LogP contribution in [-0.4, -0.2) is 23.0 Å². The molecule has 0 bridgehead atoms. The number of carbonyl (C=O) groups excluding carboxylic acids is 3. The van der Waals surface area contributed by atoms with Gasteiger partial charge in [-0.2, -0.15) is 0 Å². The van der Waals surface area contributed by atoms with E-state index in [4.69, 9.17) is 0 Å². The van der Waals surface area contributed by atoms with Crippen molar-refractivity contribution in [3.8, 4) is 0 Å². The van der Waals surface area contributed by atoms with Crippen LogP contribution >= 0.6 is 43.6 Å². The summed E-state index contributed by atoms with van der Waals surface area (Å²) in [7, 11) is 0. The fourth-order valence-corrected chi connectivity index (χ4v) is 5.19. The van der Waals surface area contributed by atoms with Crippen LogP contribution in [0.2, 0.25) is 0 Å². The van der Waals surface area contributed by atoms with Crippen LogP contribution in [0.25, 0.3) is 6.08 Å². The lowest BCUT2D eigenvalue weighted by molar-refractivity contribution is -0.115. The number of anilines is 2. The molecule has 0 aliphatic heterocycles. The molecule has 0 aromatic heterocycles. The fraction of sp³-hybridized carbons (Fsp3) is 0.0645. The summed E-state index contributed by atoms with van der Waals surface area (Å²) in [5, 5.41) is 8.14. The van der Waals surface area contributed by atoms with E-state index in [1.807, 2.05) is 67.6 Å². The Morgan fingerprint density at radius 3 is 2.20 bits per heavy atom. The van der Waals surface area contributed by atoms with Crippen molar-refractivity contribution in [2.24, 2.45) is 0 Å². The van der Waals surface area contributed by atoms with Crippen molar-refractivity contribution in [2.75, 3.05) is 10.6 Å². The topological polar surface area (TPSA) is 87.3 Å². The molecule has 0 heterocycles. The van der Waals surface area contributed by atoms with E-state index in [1.54, 1.807) is 48.5 Å². The van der Waals surface area contributed by atoms with Crippen molar-refractivity contribution < 1.29 is 14.4 Å². The second-order valence-electron chi connectivity index (χ2n) is 8.67. The van der Waals surface area contributed by atoms with Crippen molar-refractivity contribution in [3.05, 3.63) is 129 Å². The van der Waals surface area contributed by atoms with E-state index in [-0.39, 0.29) is 16.9 Å². The molecule has 0 saturated heterocycles. The summed E-state index contributed by atoms with van der Waals surface area (Å²) in [5.41, 5.74) is 2.51. The molecule has 4 rings (SSSR count). The van der Waals surface area contributed by atoms with Crippen LogP contribution in [0.4, 0.5) is 11.4 Å². The van der Waals surface area contributed by atoms with E-state index < -0.39 is 11.8 Å². The molecule has 0 fully saturated rings. The predicted molar refractivity (Wildman–Crippen MR) is 169 cm³/mol. The zero-order valence-corrected chi connectivity index (χ0v) is 25.3. The van der Waals surface area contributed by atoms with Crippen LogP contribution in [0.1, 0.15) is 22.8 Å². The SMILES string of the molecule is CC(Sc1cccc(NC(=O)/C(=C\c2cccc(Br)c2)NC(=O)c2ccccc2)c1)C(=O)Nc1ccc(Br)cc1. The molecule has 6 nitrogen and oxygen atoms in total. The number of hydrogen-bond donors (Lipinski definition) is 3. The van der Waals surface area contributed by atoms with Gasteiger partial charge < -0.3 is 16.0 Å². The predicted octanol–water partition coefficient (Wildman–Crippen LogP) is 7.74. The molecule has 0 radical (unpaired) electrons. The van der Waals surface area contributed by atoms with E-state index in [9.17, 15) is 14.4 Å². The van der Waals surface area contributed by atoms with Gasteiger partial charge in [-0.1, -0.05) is 68.3 Å². The minimum atomic E-state index is -0.479. The van der Waals surface area contributed by atoms with Crippen LogP contribution in [0, 0.1) is 0 Å². The first-order valence-electron chi connectivity index (χ1n) is 12.2. The summed E-state index contributed by atoms with van der Waals surface area (Å²) < 4.78 is 1.78. The standard InChI is InChI=1S/C31H25Br2N3O3S/c1-20(29(37)34-25-15-13-23(32)14-16-25)40-27-12-6-11-26(19-27)35-31(39)28(18-21-7-5-10-24(33)17-21)36-30(38)22-8-3-2-4-9-22/h2-20H,1H3,(H,34,37)(H,35,39)(H,36,38)/b28-18+. The molecule has 3 amide bonds. The minimum absolute atomic E-state index is 0.0900. The number of carbonyl (C=O) groups is 3. The molecule has 0 spiro atoms. The molecule has 1 atom stereocenters. The number of rotatable bonds is 9. The third-order valence-corrected chi connectivity index (χ3v) is 7.69. The lowest BCUT2D eigenvalue weighted by Gasteiger charge is -2.14. The van der Waals surface area contributed by atoms with Gasteiger partial charge in [-0.05, 0) is 85.3 Å². The summed E-state index contributed by atoms with van der Waals surface area (Å²) >= 11 is 8.20. The van der Waals surface area contributed by atoms with Gasteiger partial charge in [0.1, 0.15) is 5.70 Å². The van der Waals surface area contributed by atoms with Crippen LogP contribution in [0.3, 0.4) is 0 Å². The first-order chi connectivity index (χ1) is 19.3. The Hall–Kier alpha value is -3.66. The highest BCUT2D eigenvalue weighted by molar-refractivity contribution is 9.10. The number of thioether (sulfide) groups is 1. The maximum absolute atomic E-state index is 13.4. The van der Waals surface area contributed by atoms with Gasteiger partial charge >= 0.3 is 0 Å². The fourth-order valence-electron chi connectivity index (χ4n) is 3.59. The van der Waals surface area contributed by atoms with Gasteiger partial charge in [0.25, 0.3) is 11.8 Å². The Balaban J connectivity index is 1.47. The molecule has 0 aliphatic carbocycles. The average Bonchev–Trinajstić information content (AvgIpc) is 2.94. The first kappa shape index (κ1) is 29.3. The summed E-state index contributed by atoms with van der Waals surface area (Å²) in [6.07, 6.45) is 1.62. The monoisotopic (exact) mass is 677 g/mol. The second kappa shape index (κ2) is 14.1. The van der Waals surface area contributed by atoms with Crippen molar-refractivity contribution in [1.82, 2.24) is 5.32 Å². The van der Waals surface area contributed by atoms with Gasteiger partial charge in [0.05, 0.1) is 5.25 Å². The normalized spacial score (nSPS) is 11.8. The zero-order chi connectivity index (χ0) is 28.5. The molecule has 4 aromatic carbocycles. The molecule has 1 unspecified atom stereocenters. The molecule has 202 valence electrons. The summed E-state index contributed by atoms with van der Waals surface area (Å²) in [5.74, 6) is -1.01. The Morgan fingerprint density at radius 1 is 0.750 bits per heavy atom. The summed E-state index contributed by atoms with van der Waals surface area (Å²) in [4.78, 5) is 39.7. The van der Waals surface area contributed by atoms with E-state index in [2.05, 4.69) is 47.8 Å². The summed E-state index contributed by atoms with van der Waals surface area (Å²) in [6.45, 7) is 1.82. The lowest BCUT2D eigenvalue weighted by atomic mass is 10.1. The van der Waals surface area contributed by atoms with Gasteiger partial charge in [-0.3, -0.25) is 14.4 Å². The van der Waals surface area contributed by atoms with Gasteiger partial charge in [-0.25, -0.2) is 0 Å². The zero-order valence-electron chi connectivity index (χ0n) is 21.4. The molecule has 40 heavy (non-hydrogen) atoms. The number of hydrogen-bond acceptors (Lipinski definition) is 4. The van der Waals surface area contributed by atoms with E-state index in [1.165, 1.54) is 11.8 Å². The van der Waals surface area contributed by atoms with Gasteiger partial charge in [0.2, 0.25) is 5.91 Å². The molecule has 4 aromatic rings. The quantitative estimate of drug-likeness (QED) is 0.125. The highest BCUT2D eigenvalue weighted by Gasteiger charge is 2.17. The molecule has 9 heteroatoms. The van der Waals surface area contributed by atoms with Crippen molar-refractivity contribution in [3.63, 3.8) is 0 Å². The van der Waals surface area contributed by atoms with Crippen LogP contribution < -0.4 is 16.0 Å². The van der Waals surface area contributed by atoms with Crippen LogP contribution in [-0.2, 0) is 9.59 Å². The Morgan fingerprint density at radius 2 is 1.48 bits per heavy atom. The highest BCUT2D eigenvalue weighted by Crippen LogP contribution is 2.27.